The molecule has 0 aliphatic carbocycles. The molecule has 6 heteroatoms. The summed E-state index contributed by atoms with van der Waals surface area (Å²) in [4.78, 5) is 24.9. The van der Waals surface area contributed by atoms with Gasteiger partial charge in [-0.25, -0.2) is 0 Å². The van der Waals surface area contributed by atoms with Crippen LogP contribution in [0.4, 0.5) is 5.69 Å². The first kappa shape index (κ1) is 16.2. The third-order valence-corrected chi connectivity index (χ3v) is 4.77. The minimum Gasteiger partial charge on any atom is -0.366 e. The molecule has 1 aromatic heterocycles. The van der Waals surface area contributed by atoms with E-state index in [0.29, 0.717) is 21.2 Å². The van der Waals surface area contributed by atoms with Crippen molar-refractivity contribution in [2.24, 2.45) is 5.73 Å². The molecular formula is C18H13ClN2O2S. The number of rotatable bonds is 4. The molecule has 0 saturated carbocycles. The summed E-state index contributed by atoms with van der Waals surface area (Å²) < 4.78 is 0. The van der Waals surface area contributed by atoms with Crippen molar-refractivity contribution in [1.82, 2.24) is 0 Å². The fourth-order valence-electron chi connectivity index (χ4n) is 2.14. The van der Waals surface area contributed by atoms with E-state index in [4.69, 9.17) is 17.3 Å². The van der Waals surface area contributed by atoms with Gasteiger partial charge in [0.15, 0.2) is 0 Å². The molecule has 24 heavy (non-hydrogen) atoms. The summed E-state index contributed by atoms with van der Waals surface area (Å²) in [6.07, 6.45) is 0. The van der Waals surface area contributed by atoms with Crippen molar-refractivity contribution < 1.29 is 9.59 Å². The van der Waals surface area contributed by atoms with Crippen LogP contribution in [0, 0.1) is 0 Å². The maximum absolute atomic E-state index is 12.3. The molecule has 0 fully saturated rings. The van der Waals surface area contributed by atoms with E-state index in [2.05, 4.69) is 5.32 Å². The third-order valence-electron chi connectivity index (χ3n) is 3.39. The number of amides is 2. The molecule has 3 aromatic rings. The molecule has 0 aliphatic heterocycles. The van der Waals surface area contributed by atoms with Crippen molar-refractivity contribution in [3.8, 4) is 10.4 Å². The standard InChI is InChI=1S/C18H13ClN2O2S/c19-13-5-1-11(2-6-13)15-9-10-16(24-15)18(23)21-14-7-3-12(4-8-14)17(20)22/h1-10H,(H2,20,22)(H,21,23). The van der Waals surface area contributed by atoms with Gasteiger partial charge >= 0.3 is 0 Å². The zero-order chi connectivity index (χ0) is 17.1. The predicted octanol–water partition coefficient (Wildman–Crippen LogP) is 4.42. The maximum Gasteiger partial charge on any atom is 0.265 e. The highest BCUT2D eigenvalue weighted by molar-refractivity contribution is 7.17. The monoisotopic (exact) mass is 356 g/mol. The van der Waals surface area contributed by atoms with Gasteiger partial charge in [-0.05, 0) is 54.1 Å². The Bertz CT molecular complexity index is 886. The second kappa shape index (κ2) is 6.86. The van der Waals surface area contributed by atoms with E-state index in [9.17, 15) is 9.59 Å². The minimum absolute atomic E-state index is 0.202. The van der Waals surface area contributed by atoms with Gasteiger partial charge in [0.25, 0.3) is 5.91 Å². The van der Waals surface area contributed by atoms with Crippen LogP contribution in [-0.4, -0.2) is 11.8 Å². The maximum atomic E-state index is 12.3. The van der Waals surface area contributed by atoms with E-state index < -0.39 is 5.91 Å². The topological polar surface area (TPSA) is 72.2 Å². The van der Waals surface area contributed by atoms with Crippen LogP contribution in [0.3, 0.4) is 0 Å². The molecule has 2 aromatic carbocycles. The Kier molecular flexibility index (Phi) is 4.64. The highest BCUT2D eigenvalue weighted by Gasteiger charge is 2.11. The van der Waals surface area contributed by atoms with Gasteiger partial charge in [0.05, 0.1) is 4.88 Å². The van der Waals surface area contributed by atoms with E-state index in [1.165, 1.54) is 11.3 Å². The lowest BCUT2D eigenvalue weighted by Gasteiger charge is -2.04. The molecule has 0 bridgehead atoms. The molecule has 0 aliphatic rings. The first-order valence-electron chi connectivity index (χ1n) is 7.10. The zero-order valence-corrected chi connectivity index (χ0v) is 14.0. The van der Waals surface area contributed by atoms with Crippen molar-refractivity contribution >= 4 is 40.4 Å². The van der Waals surface area contributed by atoms with Crippen molar-refractivity contribution in [2.45, 2.75) is 0 Å². The Morgan fingerprint density at radius 1 is 0.917 bits per heavy atom. The number of hydrogen-bond donors (Lipinski definition) is 2. The van der Waals surface area contributed by atoms with Crippen LogP contribution in [0.25, 0.3) is 10.4 Å². The molecule has 120 valence electrons. The molecule has 3 rings (SSSR count). The van der Waals surface area contributed by atoms with Gasteiger partial charge in [0.2, 0.25) is 5.91 Å². The smallest absolute Gasteiger partial charge is 0.265 e. The Labute approximate surface area is 147 Å². The van der Waals surface area contributed by atoms with Crippen LogP contribution in [0.15, 0.2) is 60.7 Å². The summed E-state index contributed by atoms with van der Waals surface area (Å²) in [5.74, 6) is -0.703. The number of nitrogens with one attached hydrogen (secondary N) is 1. The molecule has 0 radical (unpaired) electrons. The van der Waals surface area contributed by atoms with E-state index in [-0.39, 0.29) is 5.91 Å². The van der Waals surface area contributed by atoms with E-state index in [0.717, 1.165) is 10.4 Å². The molecule has 0 atom stereocenters. The SMILES string of the molecule is NC(=O)c1ccc(NC(=O)c2ccc(-c3ccc(Cl)cc3)s2)cc1. The fraction of sp³-hybridized carbons (Fsp3) is 0. The molecule has 3 N–H and O–H groups in total. The van der Waals surface area contributed by atoms with Gasteiger partial charge < -0.3 is 11.1 Å². The summed E-state index contributed by atoms with van der Waals surface area (Å²) in [6.45, 7) is 0. The van der Waals surface area contributed by atoms with E-state index in [1.807, 2.05) is 30.3 Å². The Morgan fingerprint density at radius 2 is 1.58 bits per heavy atom. The number of anilines is 1. The van der Waals surface area contributed by atoms with Gasteiger partial charge in [0, 0.05) is 21.2 Å². The predicted molar refractivity (Wildman–Crippen MR) is 97.7 cm³/mol. The number of hydrogen-bond acceptors (Lipinski definition) is 3. The number of carbonyl (C=O) groups excluding carboxylic acids is 2. The van der Waals surface area contributed by atoms with Crippen molar-refractivity contribution in [3.63, 3.8) is 0 Å². The van der Waals surface area contributed by atoms with Crippen LogP contribution in [0.1, 0.15) is 20.0 Å². The van der Waals surface area contributed by atoms with Crippen molar-refractivity contribution in [2.75, 3.05) is 5.32 Å². The normalized spacial score (nSPS) is 10.4. The number of thiophene rings is 1. The molecule has 2 amide bonds. The van der Waals surface area contributed by atoms with Gasteiger partial charge in [-0.3, -0.25) is 9.59 Å². The number of primary amides is 1. The van der Waals surface area contributed by atoms with Crippen molar-refractivity contribution in [3.05, 3.63) is 76.1 Å². The summed E-state index contributed by atoms with van der Waals surface area (Å²) in [6, 6.07) is 17.6. The summed E-state index contributed by atoms with van der Waals surface area (Å²) in [5.41, 5.74) is 7.20. The van der Waals surface area contributed by atoms with Gasteiger partial charge in [0.1, 0.15) is 0 Å². The third kappa shape index (κ3) is 3.64. The van der Waals surface area contributed by atoms with E-state index in [1.54, 1.807) is 30.3 Å². The van der Waals surface area contributed by atoms with Crippen LogP contribution in [0.2, 0.25) is 5.02 Å². The lowest BCUT2D eigenvalue weighted by Crippen LogP contribution is -2.12. The molecular weight excluding hydrogens is 344 g/mol. The first-order chi connectivity index (χ1) is 11.5. The van der Waals surface area contributed by atoms with Crippen LogP contribution >= 0.6 is 22.9 Å². The number of nitrogens with two attached hydrogens (primary N) is 1. The number of carbonyl (C=O) groups is 2. The van der Waals surface area contributed by atoms with Crippen molar-refractivity contribution in [1.29, 1.82) is 0 Å². The summed E-state index contributed by atoms with van der Waals surface area (Å²) in [5, 5.41) is 3.47. The lowest BCUT2D eigenvalue weighted by atomic mass is 10.2. The minimum atomic E-state index is -0.501. The van der Waals surface area contributed by atoms with Gasteiger partial charge in [-0.15, -0.1) is 11.3 Å². The summed E-state index contributed by atoms with van der Waals surface area (Å²) in [7, 11) is 0. The molecule has 4 nitrogen and oxygen atoms in total. The van der Waals surface area contributed by atoms with Crippen LogP contribution < -0.4 is 11.1 Å². The highest BCUT2D eigenvalue weighted by Crippen LogP contribution is 2.29. The van der Waals surface area contributed by atoms with Crippen LogP contribution in [0.5, 0.6) is 0 Å². The lowest BCUT2D eigenvalue weighted by molar-refractivity contribution is 0.0998. The highest BCUT2D eigenvalue weighted by atomic mass is 35.5. The zero-order valence-electron chi connectivity index (χ0n) is 12.5. The average Bonchev–Trinajstić information content (AvgIpc) is 3.06. The molecule has 0 saturated heterocycles. The van der Waals surface area contributed by atoms with Crippen LogP contribution in [-0.2, 0) is 0 Å². The second-order valence-electron chi connectivity index (χ2n) is 5.07. The number of halogens is 1. The average molecular weight is 357 g/mol. The Balaban J connectivity index is 1.73. The Morgan fingerprint density at radius 3 is 2.21 bits per heavy atom. The summed E-state index contributed by atoms with van der Waals surface area (Å²) >= 11 is 7.28. The van der Waals surface area contributed by atoms with Gasteiger partial charge in [-0.1, -0.05) is 23.7 Å². The quantitative estimate of drug-likeness (QED) is 0.726. The number of benzene rings is 2. The fourth-order valence-corrected chi connectivity index (χ4v) is 3.17. The Hall–Kier alpha value is -2.63. The molecule has 0 spiro atoms. The molecule has 1 heterocycles. The second-order valence-corrected chi connectivity index (χ2v) is 6.59. The van der Waals surface area contributed by atoms with Gasteiger partial charge in [-0.2, -0.15) is 0 Å². The van der Waals surface area contributed by atoms with E-state index >= 15 is 0 Å². The largest absolute Gasteiger partial charge is 0.366 e. The first-order valence-corrected chi connectivity index (χ1v) is 8.29. The molecule has 0 unspecified atom stereocenters.